The van der Waals surface area contributed by atoms with Crippen LogP contribution in [-0.4, -0.2) is 47.1 Å². The SMILES string of the molecule is CCCOCC(=O)N1CCC(c2ccnc(Cl)n2)CC1. The Bertz CT molecular complexity index is 448. The molecule has 110 valence electrons. The lowest BCUT2D eigenvalue weighted by atomic mass is 9.93. The summed E-state index contributed by atoms with van der Waals surface area (Å²) in [4.78, 5) is 21.9. The molecule has 0 spiro atoms. The number of piperidine rings is 1. The number of amides is 1. The van der Waals surface area contributed by atoms with Crippen LogP contribution in [0.25, 0.3) is 0 Å². The maximum absolute atomic E-state index is 11.9. The number of nitrogens with zero attached hydrogens (tertiary/aromatic N) is 3. The van der Waals surface area contributed by atoms with Gasteiger partial charge >= 0.3 is 0 Å². The molecule has 1 aliphatic rings. The van der Waals surface area contributed by atoms with Crippen molar-refractivity contribution in [2.24, 2.45) is 0 Å². The summed E-state index contributed by atoms with van der Waals surface area (Å²) < 4.78 is 5.30. The Morgan fingerprint density at radius 1 is 1.50 bits per heavy atom. The van der Waals surface area contributed by atoms with Crippen molar-refractivity contribution in [3.63, 3.8) is 0 Å². The molecule has 0 saturated carbocycles. The molecule has 0 unspecified atom stereocenters. The number of carbonyl (C=O) groups is 1. The Morgan fingerprint density at radius 2 is 2.25 bits per heavy atom. The molecule has 1 amide bonds. The molecule has 0 aliphatic carbocycles. The van der Waals surface area contributed by atoms with E-state index >= 15 is 0 Å². The predicted molar refractivity (Wildman–Crippen MR) is 76.7 cm³/mol. The number of hydrogen-bond acceptors (Lipinski definition) is 4. The molecule has 2 rings (SSSR count). The first-order chi connectivity index (χ1) is 9.70. The summed E-state index contributed by atoms with van der Waals surface area (Å²) in [5.41, 5.74) is 0.972. The first-order valence-corrected chi connectivity index (χ1v) is 7.42. The fourth-order valence-electron chi connectivity index (χ4n) is 2.39. The minimum atomic E-state index is 0.0811. The standard InChI is InChI=1S/C14H20ClN3O2/c1-2-9-20-10-13(19)18-7-4-11(5-8-18)12-3-6-16-14(15)17-12/h3,6,11H,2,4-5,7-10H2,1H3. The second-order valence-electron chi connectivity index (χ2n) is 4.96. The van der Waals surface area contributed by atoms with Gasteiger partial charge in [0.2, 0.25) is 11.2 Å². The number of carbonyl (C=O) groups excluding carboxylic acids is 1. The number of hydrogen-bond donors (Lipinski definition) is 0. The van der Waals surface area contributed by atoms with Gasteiger partial charge in [0.25, 0.3) is 0 Å². The summed E-state index contributed by atoms with van der Waals surface area (Å²) in [7, 11) is 0. The van der Waals surface area contributed by atoms with E-state index in [9.17, 15) is 4.79 Å². The molecule has 5 nitrogen and oxygen atoms in total. The normalized spacial score (nSPS) is 16.4. The number of aromatic nitrogens is 2. The van der Waals surface area contributed by atoms with Crippen LogP contribution in [0, 0.1) is 0 Å². The largest absolute Gasteiger partial charge is 0.372 e. The van der Waals surface area contributed by atoms with Crippen LogP contribution in [0.5, 0.6) is 0 Å². The van der Waals surface area contributed by atoms with E-state index in [0.29, 0.717) is 12.5 Å². The van der Waals surface area contributed by atoms with Crippen molar-refractivity contribution < 1.29 is 9.53 Å². The van der Waals surface area contributed by atoms with E-state index < -0.39 is 0 Å². The zero-order valence-electron chi connectivity index (χ0n) is 11.7. The van der Waals surface area contributed by atoms with E-state index in [1.165, 1.54) is 0 Å². The molecular weight excluding hydrogens is 278 g/mol. The van der Waals surface area contributed by atoms with E-state index in [-0.39, 0.29) is 17.8 Å². The summed E-state index contributed by atoms with van der Waals surface area (Å²) in [5.74, 6) is 0.439. The highest BCUT2D eigenvalue weighted by molar-refractivity contribution is 6.28. The van der Waals surface area contributed by atoms with Crippen LogP contribution in [0.3, 0.4) is 0 Å². The second kappa shape index (κ2) is 7.55. The monoisotopic (exact) mass is 297 g/mol. The minimum Gasteiger partial charge on any atom is -0.372 e. The molecular formula is C14H20ClN3O2. The van der Waals surface area contributed by atoms with Gasteiger partial charge < -0.3 is 9.64 Å². The van der Waals surface area contributed by atoms with Crippen molar-refractivity contribution in [3.05, 3.63) is 23.2 Å². The Balaban J connectivity index is 1.81. The molecule has 1 aliphatic heterocycles. The average molecular weight is 298 g/mol. The first-order valence-electron chi connectivity index (χ1n) is 7.04. The molecule has 0 radical (unpaired) electrons. The number of rotatable bonds is 5. The Hall–Kier alpha value is -1.20. The average Bonchev–Trinajstić information content (AvgIpc) is 2.47. The maximum atomic E-state index is 11.9. The number of ether oxygens (including phenoxy) is 1. The van der Waals surface area contributed by atoms with E-state index in [4.69, 9.17) is 16.3 Å². The van der Waals surface area contributed by atoms with Gasteiger partial charge in [-0.05, 0) is 36.9 Å². The quantitative estimate of drug-likeness (QED) is 0.618. The third-order valence-electron chi connectivity index (χ3n) is 3.49. The fraction of sp³-hybridized carbons (Fsp3) is 0.643. The van der Waals surface area contributed by atoms with E-state index in [1.54, 1.807) is 6.20 Å². The molecule has 1 aromatic rings. The van der Waals surface area contributed by atoms with Crippen LogP contribution < -0.4 is 0 Å². The highest BCUT2D eigenvalue weighted by Gasteiger charge is 2.24. The molecule has 0 N–H and O–H groups in total. The first kappa shape index (κ1) is 15.2. The third kappa shape index (κ3) is 4.15. The molecule has 2 heterocycles. The summed E-state index contributed by atoms with van der Waals surface area (Å²) in [6.45, 7) is 4.36. The van der Waals surface area contributed by atoms with Gasteiger partial charge in [-0.25, -0.2) is 9.97 Å². The van der Waals surface area contributed by atoms with Gasteiger partial charge in [0, 0.05) is 37.5 Å². The highest BCUT2D eigenvalue weighted by Crippen LogP contribution is 2.26. The van der Waals surface area contributed by atoms with Crippen LogP contribution in [0.1, 0.15) is 37.8 Å². The lowest BCUT2D eigenvalue weighted by molar-refractivity contribution is -0.137. The molecule has 6 heteroatoms. The van der Waals surface area contributed by atoms with Gasteiger partial charge in [0.05, 0.1) is 0 Å². The van der Waals surface area contributed by atoms with Gasteiger partial charge in [-0.3, -0.25) is 4.79 Å². The second-order valence-corrected chi connectivity index (χ2v) is 5.30. The van der Waals surface area contributed by atoms with Crippen molar-refractivity contribution in [3.8, 4) is 0 Å². The Kier molecular flexibility index (Phi) is 5.73. The van der Waals surface area contributed by atoms with Crippen LogP contribution >= 0.6 is 11.6 Å². The third-order valence-corrected chi connectivity index (χ3v) is 3.67. The molecule has 1 fully saturated rings. The van der Waals surface area contributed by atoms with Gasteiger partial charge in [-0.15, -0.1) is 0 Å². The fourth-order valence-corrected chi connectivity index (χ4v) is 2.55. The number of likely N-dealkylation sites (tertiary alicyclic amines) is 1. The highest BCUT2D eigenvalue weighted by atomic mass is 35.5. The van der Waals surface area contributed by atoms with Crippen molar-refractivity contribution in [2.45, 2.75) is 32.1 Å². The van der Waals surface area contributed by atoms with Gasteiger partial charge in [0.15, 0.2) is 0 Å². The van der Waals surface area contributed by atoms with Crippen LogP contribution in [0.4, 0.5) is 0 Å². The van der Waals surface area contributed by atoms with Crippen molar-refractivity contribution in [1.29, 1.82) is 0 Å². The van der Waals surface area contributed by atoms with E-state index in [0.717, 1.165) is 38.0 Å². The molecule has 1 saturated heterocycles. The van der Waals surface area contributed by atoms with Crippen molar-refractivity contribution in [2.75, 3.05) is 26.3 Å². The van der Waals surface area contributed by atoms with Gasteiger partial charge in [-0.1, -0.05) is 6.92 Å². The van der Waals surface area contributed by atoms with Crippen LogP contribution in [0.15, 0.2) is 12.3 Å². The Morgan fingerprint density at radius 3 is 2.90 bits per heavy atom. The lowest BCUT2D eigenvalue weighted by Gasteiger charge is -2.31. The topological polar surface area (TPSA) is 55.3 Å². The van der Waals surface area contributed by atoms with Crippen LogP contribution in [0.2, 0.25) is 5.28 Å². The zero-order chi connectivity index (χ0) is 14.4. The zero-order valence-corrected chi connectivity index (χ0v) is 12.5. The Labute approximate surface area is 124 Å². The number of halogens is 1. The van der Waals surface area contributed by atoms with Crippen molar-refractivity contribution >= 4 is 17.5 Å². The lowest BCUT2D eigenvalue weighted by Crippen LogP contribution is -2.40. The van der Waals surface area contributed by atoms with Gasteiger partial charge in [-0.2, -0.15) is 0 Å². The molecule has 0 bridgehead atoms. The summed E-state index contributed by atoms with van der Waals surface area (Å²) in [6.07, 6.45) is 4.43. The summed E-state index contributed by atoms with van der Waals surface area (Å²) in [6, 6.07) is 1.90. The smallest absolute Gasteiger partial charge is 0.248 e. The summed E-state index contributed by atoms with van der Waals surface area (Å²) in [5, 5.41) is 0.286. The maximum Gasteiger partial charge on any atom is 0.248 e. The van der Waals surface area contributed by atoms with Crippen molar-refractivity contribution in [1.82, 2.24) is 14.9 Å². The molecule has 20 heavy (non-hydrogen) atoms. The van der Waals surface area contributed by atoms with E-state index in [1.807, 2.05) is 17.9 Å². The summed E-state index contributed by atoms with van der Waals surface area (Å²) >= 11 is 5.81. The molecule has 0 aromatic carbocycles. The predicted octanol–water partition coefficient (Wildman–Crippen LogP) is 2.26. The van der Waals surface area contributed by atoms with Gasteiger partial charge in [0.1, 0.15) is 6.61 Å². The molecule has 0 atom stereocenters. The van der Waals surface area contributed by atoms with Crippen LogP contribution in [-0.2, 0) is 9.53 Å². The molecule has 1 aromatic heterocycles. The minimum absolute atomic E-state index is 0.0811. The van der Waals surface area contributed by atoms with E-state index in [2.05, 4.69) is 9.97 Å².